The molecule has 0 bridgehead atoms. The monoisotopic (exact) mass is 219 g/mol. The molecule has 1 aromatic carbocycles. The van der Waals surface area contributed by atoms with E-state index in [9.17, 15) is 4.79 Å². The van der Waals surface area contributed by atoms with Crippen molar-refractivity contribution in [3.05, 3.63) is 35.9 Å². The summed E-state index contributed by atoms with van der Waals surface area (Å²) in [4.78, 5) is 12.0. The third-order valence-electron chi connectivity index (χ3n) is 3.27. The molecule has 0 heterocycles. The summed E-state index contributed by atoms with van der Waals surface area (Å²) in [7, 11) is 0. The Kier molecular flexibility index (Phi) is 4.69. The molecule has 2 heteroatoms. The van der Waals surface area contributed by atoms with E-state index < -0.39 is 0 Å². The van der Waals surface area contributed by atoms with Gasteiger partial charge in [0, 0.05) is 17.9 Å². The van der Waals surface area contributed by atoms with E-state index in [1.165, 1.54) is 0 Å². The Hall–Kier alpha value is -1.15. The van der Waals surface area contributed by atoms with Crippen molar-refractivity contribution >= 4 is 5.78 Å². The maximum Gasteiger partial charge on any atom is 0.140 e. The fraction of sp³-hybridized carbons (Fsp3) is 0.500. The average Bonchev–Trinajstić information content (AvgIpc) is 2.36. The average molecular weight is 219 g/mol. The molecule has 1 aromatic rings. The van der Waals surface area contributed by atoms with Crippen LogP contribution in [0.15, 0.2) is 30.3 Å². The summed E-state index contributed by atoms with van der Waals surface area (Å²) in [6.07, 6.45) is 0.880. The zero-order valence-electron chi connectivity index (χ0n) is 10.3. The molecule has 0 spiro atoms. The van der Waals surface area contributed by atoms with Crippen LogP contribution in [0.25, 0.3) is 0 Å². The Bertz CT molecular complexity index is 334. The van der Waals surface area contributed by atoms with Crippen molar-refractivity contribution in [1.82, 2.24) is 0 Å². The Labute approximate surface area is 97.9 Å². The number of ketones is 1. The van der Waals surface area contributed by atoms with Gasteiger partial charge in [-0.25, -0.2) is 0 Å². The number of hydrogen-bond donors (Lipinski definition) is 1. The largest absolute Gasteiger partial charge is 0.323 e. The molecule has 1 rings (SSSR count). The molecule has 2 N–H and O–H groups in total. The molecule has 3 unspecified atom stereocenters. The predicted molar refractivity (Wildman–Crippen MR) is 67.0 cm³/mol. The molecule has 2 nitrogen and oxygen atoms in total. The molecule has 0 radical (unpaired) electrons. The van der Waals surface area contributed by atoms with Gasteiger partial charge in [-0.1, -0.05) is 51.1 Å². The molecular weight excluding hydrogens is 198 g/mol. The van der Waals surface area contributed by atoms with Crippen LogP contribution in [0.5, 0.6) is 0 Å². The Morgan fingerprint density at radius 3 is 2.31 bits per heavy atom. The second-order valence-electron chi connectivity index (χ2n) is 4.44. The van der Waals surface area contributed by atoms with Crippen molar-refractivity contribution in [3.63, 3.8) is 0 Å². The lowest BCUT2D eigenvalue weighted by atomic mass is 9.86. The van der Waals surface area contributed by atoms with Crippen molar-refractivity contribution in [2.24, 2.45) is 17.6 Å². The molecule has 0 saturated heterocycles. The number of benzene rings is 1. The first kappa shape index (κ1) is 12.9. The predicted octanol–water partition coefficient (Wildman–Crippen LogP) is 2.94. The van der Waals surface area contributed by atoms with Gasteiger partial charge in [-0.3, -0.25) is 4.79 Å². The van der Waals surface area contributed by atoms with Gasteiger partial charge in [0.1, 0.15) is 5.78 Å². The van der Waals surface area contributed by atoms with E-state index in [-0.39, 0.29) is 23.7 Å². The second-order valence-corrected chi connectivity index (χ2v) is 4.44. The highest BCUT2D eigenvalue weighted by atomic mass is 16.1. The maximum atomic E-state index is 12.0. The van der Waals surface area contributed by atoms with Crippen molar-refractivity contribution in [1.29, 1.82) is 0 Å². The quantitative estimate of drug-likeness (QED) is 0.827. The van der Waals surface area contributed by atoms with E-state index in [0.29, 0.717) is 0 Å². The first-order valence-corrected chi connectivity index (χ1v) is 5.92. The molecular formula is C14H21NO. The van der Waals surface area contributed by atoms with Crippen LogP contribution in [0.3, 0.4) is 0 Å². The van der Waals surface area contributed by atoms with Gasteiger partial charge in [0.25, 0.3) is 0 Å². The van der Waals surface area contributed by atoms with Gasteiger partial charge >= 0.3 is 0 Å². The van der Waals surface area contributed by atoms with Crippen LogP contribution in [0.2, 0.25) is 0 Å². The van der Waals surface area contributed by atoms with E-state index in [4.69, 9.17) is 5.73 Å². The molecule has 16 heavy (non-hydrogen) atoms. The second kappa shape index (κ2) is 5.80. The van der Waals surface area contributed by atoms with Gasteiger partial charge in [-0.2, -0.15) is 0 Å². The van der Waals surface area contributed by atoms with Crippen molar-refractivity contribution < 1.29 is 4.79 Å². The maximum absolute atomic E-state index is 12.0. The topological polar surface area (TPSA) is 43.1 Å². The summed E-state index contributed by atoms with van der Waals surface area (Å²) in [6.45, 7) is 5.92. The van der Waals surface area contributed by atoms with E-state index in [1.807, 2.05) is 51.1 Å². The first-order valence-electron chi connectivity index (χ1n) is 5.92. The van der Waals surface area contributed by atoms with Crippen molar-refractivity contribution in [3.8, 4) is 0 Å². The van der Waals surface area contributed by atoms with Gasteiger partial charge in [0.05, 0.1) is 0 Å². The lowest BCUT2D eigenvalue weighted by molar-refractivity contribution is -0.126. The zero-order chi connectivity index (χ0) is 12.1. The molecule has 88 valence electrons. The van der Waals surface area contributed by atoms with E-state index >= 15 is 0 Å². The smallest absolute Gasteiger partial charge is 0.140 e. The third kappa shape index (κ3) is 2.92. The van der Waals surface area contributed by atoms with E-state index in [2.05, 4.69) is 0 Å². The van der Waals surface area contributed by atoms with Crippen LogP contribution in [0.1, 0.15) is 38.8 Å². The molecule has 0 aromatic heterocycles. The van der Waals surface area contributed by atoms with Crippen molar-refractivity contribution in [2.75, 3.05) is 0 Å². The Morgan fingerprint density at radius 1 is 1.25 bits per heavy atom. The summed E-state index contributed by atoms with van der Waals surface area (Å²) >= 11 is 0. The van der Waals surface area contributed by atoms with Gasteiger partial charge in [-0.15, -0.1) is 0 Å². The molecule has 0 saturated carbocycles. The standard InChI is InChI=1S/C14H21NO/c1-4-10(2)14(16)11(3)13(15)12-8-6-5-7-9-12/h5-11,13H,4,15H2,1-3H3. The number of Topliss-reactive ketones (excluding diaryl/α,β-unsaturated/α-hetero) is 1. The van der Waals surface area contributed by atoms with Crippen LogP contribution in [0.4, 0.5) is 0 Å². The molecule has 0 amide bonds. The molecule has 0 aliphatic heterocycles. The van der Waals surface area contributed by atoms with Crippen LogP contribution in [-0.4, -0.2) is 5.78 Å². The number of carbonyl (C=O) groups excluding carboxylic acids is 1. The minimum Gasteiger partial charge on any atom is -0.323 e. The summed E-state index contributed by atoms with van der Waals surface area (Å²) in [5.41, 5.74) is 7.15. The van der Waals surface area contributed by atoms with Crippen LogP contribution >= 0.6 is 0 Å². The van der Waals surface area contributed by atoms with Gasteiger partial charge < -0.3 is 5.73 Å². The third-order valence-corrected chi connectivity index (χ3v) is 3.27. The highest BCUT2D eigenvalue weighted by Crippen LogP contribution is 2.23. The Morgan fingerprint density at radius 2 is 1.81 bits per heavy atom. The van der Waals surface area contributed by atoms with Crippen LogP contribution < -0.4 is 5.73 Å². The number of hydrogen-bond acceptors (Lipinski definition) is 2. The molecule has 0 aliphatic carbocycles. The highest BCUT2D eigenvalue weighted by Gasteiger charge is 2.24. The molecule has 0 aliphatic rings. The van der Waals surface area contributed by atoms with Gasteiger partial charge in [-0.05, 0) is 12.0 Å². The SMILES string of the molecule is CCC(C)C(=O)C(C)C(N)c1ccccc1. The van der Waals surface area contributed by atoms with E-state index in [0.717, 1.165) is 12.0 Å². The zero-order valence-corrected chi connectivity index (χ0v) is 10.3. The summed E-state index contributed by atoms with van der Waals surface area (Å²) in [5, 5.41) is 0. The number of carbonyl (C=O) groups is 1. The molecule has 0 fully saturated rings. The van der Waals surface area contributed by atoms with E-state index in [1.54, 1.807) is 0 Å². The summed E-state index contributed by atoms with van der Waals surface area (Å²) < 4.78 is 0. The van der Waals surface area contributed by atoms with Gasteiger partial charge in [0.15, 0.2) is 0 Å². The minimum absolute atomic E-state index is 0.102. The van der Waals surface area contributed by atoms with Crippen LogP contribution in [0, 0.1) is 11.8 Å². The van der Waals surface area contributed by atoms with Gasteiger partial charge in [0.2, 0.25) is 0 Å². The lowest BCUT2D eigenvalue weighted by Gasteiger charge is -2.21. The fourth-order valence-corrected chi connectivity index (χ4v) is 1.79. The first-order chi connectivity index (χ1) is 7.57. The van der Waals surface area contributed by atoms with Crippen LogP contribution in [-0.2, 0) is 4.79 Å². The normalized spacial score (nSPS) is 16.5. The number of nitrogens with two attached hydrogens (primary N) is 1. The highest BCUT2D eigenvalue weighted by molar-refractivity contribution is 5.83. The Balaban J connectivity index is 2.75. The summed E-state index contributed by atoms with van der Waals surface area (Å²) in [6, 6.07) is 9.63. The fourth-order valence-electron chi connectivity index (χ4n) is 1.79. The number of rotatable bonds is 5. The van der Waals surface area contributed by atoms with Crippen molar-refractivity contribution in [2.45, 2.75) is 33.2 Å². The lowest BCUT2D eigenvalue weighted by Crippen LogP contribution is -2.29. The molecule has 3 atom stereocenters. The summed E-state index contributed by atoms with van der Waals surface area (Å²) in [5.74, 6) is 0.251. The minimum atomic E-state index is -0.192.